The van der Waals surface area contributed by atoms with Gasteiger partial charge in [-0.2, -0.15) is 9.79 Å². The molecule has 41 heavy (non-hydrogen) atoms. The van der Waals surface area contributed by atoms with Crippen LogP contribution in [-0.2, 0) is 50.8 Å². The monoisotopic (exact) mass is 691 g/mol. The van der Waals surface area contributed by atoms with Crippen molar-refractivity contribution in [3.63, 3.8) is 0 Å². The van der Waals surface area contributed by atoms with Crippen LogP contribution in [0.4, 0.5) is 0 Å². The molecule has 0 N–H and O–H groups in total. The zero-order valence-corrected chi connectivity index (χ0v) is 32.3. The van der Waals surface area contributed by atoms with Crippen LogP contribution < -0.4 is 5.19 Å². The van der Waals surface area contributed by atoms with Crippen molar-refractivity contribution in [3.05, 3.63) is 90.5 Å². The summed E-state index contributed by atoms with van der Waals surface area (Å²) >= 11 is 14.4. The van der Waals surface area contributed by atoms with E-state index in [9.17, 15) is 0 Å². The topological polar surface area (TPSA) is 25.8 Å². The Balaban J connectivity index is 0.000000184. The van der Waals surface area contributed by atoms with Crippen LogP contribution in [0, 0.1) is 0 Å². The number of aromatic nitrogens is 2. The van der Waals surface area contributed by atoms with E-state index in [4.69, 9.17) is 35.2 Å². The standard InChI is InChI=1S/C16H17NS2Si.C16H16NS2Si.Zn/c1-20(2,3)11-8-9-14(18)12(10-11)16-17-13-6-4-5-7-15(13)19-16;1-20(2)10-11-7-8-14(18)12(9-11)16-17-13-5-3-4-6-15(13)19-16;/h4-10,18H,1-3H3;3-9,18H,10H2,1-2H3;/q;;+2/p-2. The Kier molecular flexibility index (Phi) is 10.7. The summed E-state index contributed by atoms with van der Waals surface area (Å²) in [6, 6.07) is 30.6. The quantitative estimate of drug-likeness (QED) is 0.133. The van der Waals surface area contributed by atoms with Gasteiger partial charge in [0.1, 0.15) is 10.0 Å². The summed E-state index contributed by atoms with van der Waals surface area (Å²) in [7, 11) is -1.60. The summed E-state index contributed by atoms with van der Waals surface area (Å²) in [4.78, 5) is 11.2. The van der Waals surface area contributed by atoms with Crippen LogP contribution in [-0.4, -0.2) is 26.8 Å². The van der Waals surface area contributed by atoms with Crippen molar-refractivity contribution < 1.29 is 19.5 Å². The van der Waals surface area contributed by atoms with Gasteiger partial charge in [-0.05, 0) is 41.4 Å². The Bertz CT molecular complexity index is 1720. The number of thiazole rings is 2. The largest absolute Gasteiger partial charge is 2.00 e. The van der Waals surface area contributed by atoms with Crippen LogP contribution in [0.2, 0.25) is 32.7 Å². The van der Waals surface area contributed by atoms with Gasteiger partial charge in [-0.3, -0.25) is 0 Å². The molecule has 0 bridgehead atoms. The molecule has 0 aliphatic carbocycles. The molecule has 0 atom stereocenters. The number of hydrogen-bond donors (Lipinski definition) is 0. The van der Waals surface area contributed by atoms with E-state index in [1.165, 1.54) is 26.2 Å². The van der Waals surface area contributed by atoms with E-state index >= 15 is 0 Å². The fourth-order valence-electron chi connectivity index (χ4n) is 4.40. The predicted molar refractivity (Wildman–Crippen MR) is 186 cm³/mol. The van der Waals surface area contributed by atoms with Crippen molar-refractivity contribution in [1.29, 1.82) is 0 Å². The average Bonchev–Trinajstić information content (AvgIpc) is 3.54. The minimum Gasteiger partial charge on any atom is -0.779 e. The van der Waals surface area contributed by atoms with Crippen LogP contribution in [0.5, 0.6) is 0 Å². The molecule has 0 aliphatic rings. The second-order valence-corrected chi connectivity index (χ2v) is 21.9. The van der Waals surface area contributed by atoms with Crippen molar-refractivity contribution in [2.75, 3.05) is 0 Å². The molecule has 0 fully saturated rings. The van der Waals surface area contributed by atoms with Crippen molar-refractivity contribution in [3.8, 4) is 21.1 Å². The zero-order valence-electron chi connectivity index (χ0n) is 24.0. The van der Waals surface area contributed by atoms with Crippen LogP contribution in [0.1, 0.15) is 5.56 Å². The Labute approximate surface area is 277 Å². The molecule has 0 saturated heterocycles. The maximum Gasteiger partial charge on any atom is 2.00 e. The molecule has 9 heteroatoms. The summed E-state index contributed by atoms with van der Waals surface area (Å²) in [6.45, 7) is 11.7. The van der Waals surface area contributed by atoms with Crippen LogP contribution in [0.3, 0.4) is 0 Å². The molecule has 0 saturated carbocycles. The number of para-hydroxylation sites is 2. The zero-order chi connectivity index (χ0) is 28.4. The van der Waals surface area contributed by atoms with E-state index in [2.05, 4.69) is 106 Å². The van der Waals surface area contributed by atoms with Crippen LogP contribution in [0.25, 0.3) is 41.6 Å². The van der Waals surface area contributed by atoms with Crippen LogP contribution >= 0.6 is 22.7 Å². The maximum absolute atomic E-state index is 5.50. The third-order valence-corrected chi connectivity index (χ3v) is 12.5. The number of rotatable bonds is 5. The van der Waals surface area contributed by atoms with Gasteiger partial charge in [0, 0.05) is 8.80 Å². The molecular formula is C32H31N2S4Si2Zn. The second kappa shape index (κ2) is 13.6. The van der Waals surface area contributed by atoms with E-state index < -0.39 is 8.07 Å². The van der Waals surface area contributed by atoms with Gasteiger partial charge in [0.25, 0.3) is 0 Å². The Morgan fingerprint density at radius 3 is 1.66 bits per heavy atom. The Hall–Kier alpha value is -1.84. The summed E-state index contributed by atoms with van der Waals surface area (Å²) < 4.78 is 2.44. The van der Waals surface area contributed by atoms with Crippen molar-refractivity contribution in [2.45, 2.75) is 48.6 Å². The van der Waals surface area contributed by atoms with Gasteiger partial charge >= 0.3 is 19.5 Å². The molecule has 2 heterocycles. The average molecular weight is 693 g/mol. The summed E-state index contributed by atoms with van der Waals surface area (Å²) in [5, 5.41) is 3.51. The SMILES string of the molecule is C[Si](C)(C)c1ccc([S-])c(-c2nc3ccccc3s2)c1.C[Si](C)Cc1ccc([S-])c(-c2nc3ccccc3s2)c1.[Zn+2]. The molecule has 4 aromatic carbocycles. The van der Waals surface area contributed by atoms with Crippen LogP contribution in [0.15, 0.2) is 94.7 Å². The van der Waals surface area contributed by atoms with Gasteiger partial charge in [0.05, 0.1) is 28.5 Å². The predicted octanol–water partition coefficient (Wildman–Crippen LogP) is 9.12. The maximum atomic E-state index is 5.50. The third-order valence-electron chi connectivity index (χ3n) is 6.50. The van der Waals surface area contributed by atoms with E-state index in [-0.39, 0.29) is 28.3 Å². The normalized spacial score (nSPS) is 11.4. The minimum absolute atomic E-state index is 0. The van der Waals surface area contributed by atoms with Crippen molar-refractivity contribution >= 4 is 90.4 Å². The first-order valence-electron chi connectivity index (χ1n) is 13.2. The fourth-order valence-corrected chi connectivity index (χ4v) is 9.17. The molecular weight excluding hydrogens is 662 g/mol. The Morgan fingerprint density at radius 1 is 0.683 bits per heavy atom. The number of nitrogens with zero attached hydrogens (tertiary/aromatic N) is 2. The number of hydrogen-bond acceptors (Lipinski definition) is 6. The van der Waals surface area contributed by atoms with Gasteiger partial charge in [-0.25, -0.2) is 9.97 Å². The Morgan fingerprint density at radius 2 is 1.17 bits per heavy atom. The van der Waals surface area contributed by atoms with Gasteiger partial charge in [-0.1, -0.05) is 104 Å². The van der Waals surface area contributed by atoms with Crippen molar-refractivity contribution in [1.82, 2.24) is 9.97 Å². The van der Waals surface area contributed by atoms with Gasteiger partial charge in [0.2, 0.25) is 0 Å². The van der Waals surface area contributed by atoms with Gasteiger partial charge in [-0.15, -0.1) is 22.7 Å². The first kappa shape index (κ1) is 32.1. The summed E-state index contributed by atoms with van der Waals surface area (Å²) in [5.74, 6) is 0. The van der Waals surface area contributed by atoms with Gasteiger partial charge < -0.3 is 25.3 Å². The first-order chi connectivity index (χ1) is 19.1. The molecule has 203 valence electrons. The van der Waals surface area contributed by atoms with E-state index in [1.54, 1.807) is 22.7 Å². The molecule has 0 unspecified atom stereocenters. The number of fused-ring (bicyclic) bond motifs is 2. The van der Waals surface area contributed by atoms with E-state index in [1.807, 2.05) is 12.1 Å². The molecule has 6 aromatic rings. The first-order valence-corrected chi connectivity index (χ1v) is 21.9. The summed E-state index contributed by atoms with van der Waals surface area (Å²) in [6.07, 6.45) is 0. The second-order valence-electron chi connectivity index (χ2n) is 11.1. The minimum atomic E-state index is -1.33. The molecule has 2 nitrogen and oxygen atoms in total. The molecule has 6 rings (SSSR count). The molecule has 0 aliphatic heterocycles. The number of benzene rings is 4. The fraction of sp³-hybridized carbons (Fsp3) is 0.188. The van der Waals surface area contributed by atoms with E-state index in [0.717, 1.165) is 42.0 Å². The van der Waals surface area contributed by atoms with E-state index in [0.29, 0.717) is 0 Å². The molecule has 0 amide bonds. The summed E-state index contributed by atoms with van der Waals surface area (Å²) in [5.41, 5.74) is 5.72. The van der Waals surface area contributed by atoms with Crippen molar-refractivity contribution in [2.24, 2.45) is 0 Å². The molecule has 1 radical (unpaired) electrons. The molecule has 2 aromatic heterocycles. The van der Waals surface area contributed by atoms with Gasteiger partial charge in [0.15, 0.2) is 0 Å². The third kappa shape index (κ3) is 7.76. The smallest absolute Gasteiger partial charge is 0.779 e. The molecule has 0 spiro atoms.